The molecule has 1 aliphatic rings. The number of hydrogen-bond acceptors (Lipinski definition) is 6. The Bertz CT molecular complexity index is 1550. The lowest BCUT2D eigenvalue weighted by atomic mass is 9.91. The SMILES string of the molecule is O=C(CCn1c(N2C[C@H](c3ccccc3)C(c3ccc(Cl)cc3)=N2)nn(Cc2ccc(Cl)cc2)c1=O)NCCO. The van der Waals surface area contributed by atoms with E-state index >= 15 is 0 Å². The van der Waals surface area contributed by atoms with Gasteiger partial charge >= 0.3 is 5.69 Å². The van der Waals surface area contributed by atoms with Crippen LogP contribution in [0.1, 0.15) is 29.0 Å². The van der Waals surface area contributed by atoms with Gasteiger partial charge in [0.1, 0.15) is 0 Å². The second-order valence-electron chi connectivity index (χ2n) is 9.38. The lowest BCUT2D eigenvalue weighted by molar-refractivity contribution is -0.121. The Morgan fingerprint density at radius 2 is 1.65 bits per heavy atom. The molecule has 1 aromatic heterocycles. The number of nitrogens with one attached hydrogen (secondary N) is 1. The lowest BCUT2D eigenvalue weighted by Crippen LogP contribution is -2.31. The first-order chi connectivity index (χ1) is 19.4. The van der Waals surface area contributed by atoms with Crippen molar-refractivity contribution in [3.63, 3.8) is 0 Å². The molecule has 0 saturated carbocycles. The van der Waals surface area contributed by atoms with Crippen molar-refractivity contribution in [2.75, 3.05) is 24.7 Å². The number of aliphatic hydroxyl groups excluding tert-OH is 1. The minimum absolute atomic E-state index is 0.0449. The van der Waals surface area contributed by atoms with E-state index in [0.29, 0.717) is 22.5 Å². The summed E-state index contributed by atoms with van der Waals surface area (Å²) in [7, 11) is 0. The van der Waals surface area contributed by atoms with Gasteiger partial charge in [0.05, 0.1) is 25.4 Å². The van der Waals surface area contributed by atoms with E-state index in [-0.39, 0.29) is 50.2 Å². The van der Waals surface area contributed by atoms with Crippen LogP contribution < -0.4 is 16.0 Å². The standard InChI is InChI=1S/C29H28Cl2N6O3/c30-23-10-6-20(7-11-23)18-37-29(40)35(16-14-26(39)32-15-17-38)28(34-37)36-19-25(21-4-2-1-3-5-21)27(33-36)22-8-12-24(31)13-9-22/h1-13,25,38H,14-19H2,(H,32,39)/t25-/m1/s1. The number of anilines is 1. The fourth-order valence-corrected chi connectivity index (χ4v) is 4.89. The Morgan fingerprint density at radius 3 is 2.33 bits per heavy atom. The van der Waals surface area contributed by atoms with E-state index in [1.165, 1.54) is 9.25 Å². The highest BCUT2D eigenvalue weighted by molar-refractivity contribution is 6.31. The molecular formula is C29H28Cl2N6O3. The Hall–Kier alpha value is -3.92. The highest BCUT2D eigenvalue weighted by atomic mass is 35.5. The number of amides is 1. The van der Waals surface area contributed by atoms with Crippen LogP contribution in [-0.4, -0.2) is 50.8 Å². The zero-order valence-corrected chi connectivity index (χ0v) is 23.1. The summed E-state index contributed by atoms with van der Waals surface area (Å²) in [6.45, 7) is 0.777. The molecule has 0 unspecified atom stereocenters. The number of benzene rings is 3. The van der Waals surface area contributed by atoms with Gasteiger partial charge in [-0.3, -0.25) is 9.36 Å². The first-order valence-corrected chi connectivity index (χ1v) is 13.6. The van der Waals surface area contributed by atoms with Gasteiger partial charge in [-0.2, -0.15) is 5.10 Å². The lowest BCUT2D eigenvalue weighted by Gasteiger charge is -2.16. The summed E-state index contributed by atoms with van der Waals surface area (Å²) in [6.07, 6.45) is 0.0449. The van der Waals surface area contributed by atoms with Crippen LogP contribution in [0.5, 0.6) is 0 Å². The third-order valence-corrected chi connectivity index (χ3v) is 7.14. The van der Waals surface area contributed by atoms with Gasteiger partial charge in [0.2, 0.25) is 11.9 Å². The van der Waals surface area contributed by atoms with Crippen LogP contribution in [0.4, 0.5) is 5.95 Å². The molecule has 0 spiro atoms. The first kappa shape index (κ1) is 27.6. The van der Waals surface area contributed by atoms with Gasteiger partial charge in [0, 0.05) is 35.5 Å². The normalized spacial score (nSPS) is 14.8. The minimum atomic E-state index is -0.355. The second kappa shape index (κ2) is 12.5. The van der Waals surface area contributed by atoms with Crippen molar-refractivity contribution in [2.24, 2.45) is 5.10 Å². The molecular weight excluding hydrogens is 551 g/mol. The number of aromatic nitrogens is 3. The van der Waals surface area contributed by atoms with Gasteiger partial charge in [-0.25, -0.2) is 14.5 Å². The van der Waals surface area contributed by atoms with Crippen molar-refractivity contribution < 1.29 is 9.90 Å². The van der Waals surface area contributed by atoms with Crippen LogP contribution >= 0.6 is 23.2 Å². The maximum Gasteiger partial charge on any atom is 0.347 e. The summed E-state index contributed by atoms with van der Waals surface area (Å²) in [6, 6.07) is 24.8. The number of halogens is 2. The van der Waals surface area contributed by atoms with E-state index in [0.717, 1.165) is 22.4 Å². The van der Waals surface area contributed by atoms with Crippen molar-refractivity contribution in [3.05, 3.63) is 116 Å². The summed E-state index contributed by atoms with van der Waals surface area (Å²) in [5, 5.41) is 24.2. The van der Waals surface area contributed by atoms with Crippen LogP contribution in [0, 0.1) is 0 Å². The van der Waals surface area contributed by atoms with Gasteiger partial charge in [0.15, 0.2) is 0 Å². The fraction of sp³-hybridized carbons (Fsp3) is 0.241. The Labute approximate surface area is 241 Å². The number of hydrogen-bond donors (Lipinski definition) is 2. The third kappa shape index (κ3) is 6.28. The number of aliphatic hydroxyl groups is 1. The largest absolute Gasteiger partial charge is 0.395 e. The Balaban J connectivity index is 1.53. The van der Waals surface area contributed by atoms with Crippen LogP contribution in [-0.2, 0) is 17.9 Å². The van der Waals surface area contributed by atoms with Crippen molar-refractivity contribution in [3.8, 4) is 0 Å². The van der Waals surface area contributed by atoms with Crippen LogP contribution in [0.15, 0.2) is 88.8 Å². The molecule has 5 rings (SSSR count). The van der Waals surface area contributed by atoms with E-state index in [1.807, 2.05) is 54.6 Å². The Kier molecular flexibility index (Phi) is 8.64. The topological polar surface area (TPSA) is 105 Å². The monoisotopic (exact) mass is 578 g/mol. The number of nitrogens with zero attached hydrogens (tertiary/aromatic N) is 5. The smallest absolute Gasteiger partial charge is 0.347 e. The fourth-order valence-electron chi connectivity index (χ4n) is 4.63. The van der Waals surface area contributed by atoms with E-state index in [9.17, 15) is 9.59 Å². The first-order valence-electron chi connectivity index (χ1n) is 12.9. The maximum absolute atomic E-state index is 13.6. The summed E-state index contributed by atoms with van der Waals surface area (Å²) in [5.41, 5.74) is 3.33. The van der Waals surface area contributed by atoms with E-state index < -0.39 is 0 Å². The number of carbonyl (C=O) groups excluding carboxylic acids is 1. The number of hydrazone groups is 1. The molecule has 40 heavy (non-hydrogen) atoms. The van der Waals surface area contributed by atoms with Crippen molar-refractivity contribution in [2.45, 2.75) is 25.4 Å². The molecule has 1 aliphatic heterocycles. The molecule has 4 aromatic rings. The molecule has 2 N–H and O–H groups in total. The summed E-state index contributed by atoms with van der Waals surface area (Å²) >= 11 is 12.2. The van der Waals surface area contributed by atoms with Crippen molar-refractivity contribution in [1.82, 2.24) is 19.7 Å². The molecule has 0 fully saturated rings. The maximum atomic E-state index is 13.6. The van der Waals surface area contributed by atoms with Crippen LogP contribution in [0.2, 0.25) is 10.0 Å². The van der Waals surface area contributed by atoms with E-state index in [2.05, 4.69) is 22.5 Å². The molecule has 1 amide bonds. The van der Waals surface area contributed by atoms with Crippen molar-refractivity contribution >= 4 is 40.8 Å². The number of rotatable bonds is 10. The molecule has 0 bridgehead atoms. The third-order valence-electron chi connectivity index (χ3n) is 6.63. The molecule has 0 aliphatic carbocycles. The molecule has 9 nitrogen and oxygen atoms in total. The zero-order chi connectivity index (χ0) is 28.1. The number of carbonyl (C=O) groups is 1. The van der Waals surface area contributed by atoms with E-state index in [4.69, 9.17) is 33.4 Å². The van der Waals surface area contributed by atoms with Gasteiger partial charge in [-0.1, -0.05) is 77.8 Å². The van der Waals surface area contributed by atoms with E-state index in [1.54, 1.807) is 17.1 Å². The molecule has 206 valence electrons. The summed E-state index contributed by atoms with van der Waals surface area (Å²) < 4.78 is 2.85. The predicted molar refractivity (Wildman–Crippen MR) is 156 cm³/mol. The molecule has 3 aromatic carbocycles. The molecule has 0 saturated heterocycles. The highest BCUT2D eigenvalue weighted by Crippen LogP contribution is 2.31. The molecule has 0 radical (unpaired) electrons. The summed E-state index contributed by atoms with van der Waals surface area (Å²) in [5.74, 6) is -0.00898. The molecule has 11 heteroatoms. The second-order valence-corrected chi connectivity index (χ2v) is 10.3. The van der Waals surface area contributed by atoms with Gasteiger partial charge in [-0.15, -0.1) is 5.10 Å². The Morgan fingerprint density at radius 1 is 0.975 bits per heavy atom. The average molecular weight is 579 g/mol. The highest BCUT2D eigenvalue weighted by Gasteiger charge is 2.33. The average Bonchev–Trinajstić information content (AvgIpc) is 3.54. The van der Waals surface area contributed by atoms with Crippen molar-refractivity contribution in [1.29, 1.82) is 0 Å². The molecule has 2 heterocycles. The zero-order valence-electron chi connectivity index (χ0n) is 21.6. The van der Waals surface area contributed by atoms with Crippen LogP contribution in [0.25, 0.3) is 0 Å². The predicted octanol–water partition coefficient (Wildman–Crippen LogP) is 3.91. The van der Waals surface area contributed by atoms with Gasteiger partial charge in [-0.05, 0) is 41.0 Å². The summed E-state index contributed by atoms with van der Waals surface area (Å²) in [4.78, 5) is 25.9. The van der Waals surface area contributed by atoms with Gasteiger partial charge < -0.3 is 10.4 Å². The molecule has 1 atom stereocenters. The minimum Gasteiger partial charge on any atom is -0.395 e. The van der Waals surface area contributed by atoms with Gasteiger partial charge in [0.25, 0.3) is 0 Å². The quantitative estimate of drug-likeness (QED) is 0.297. The van der Waals surface area contributed by atoms with Crippen LogP contribution in [0.3, 0.4) is 0 Å².